The van der Waals surface area contributed by atoms with Crippen LogP contribution in [0.5, 0.6) is 0 Å². The molecule has 0 rings (SSSR count). The third kappa shape index (κ3) is 35.6. The first-order valence-electron chi connectivity index (χ1n) is 23.2. The monoisotopic (exact) mass is 881 g/mol. The standard InChI is InChI=1S/C44H84N10O8/c1-7-19-45-39(57)14-29-52(27-12-38(6)56)34-22-48-43(61)17-32-54(36-23-49-42(60)13-28-51(25-10-4)26-11-37(5)55)33-18-44(62)50-24-35-53(30-15-40(58)46-20-8-2)31-16-41(59)47-21-9-3/h7-36H2,1-6H3,(H,45,57)(H,46,58)(H,47,59)(H,48,61)(H,49,60)(H,50,62). The van der Waals surface area contributed by atoms with Crippen molar-refractivity contribution in [1.82, 2.24) is 51.5 Å². The highest BCUT2D eigenvalue weighted by molar-refractivity contribution is 5.78. The number of carbonyl (C=O) groups excluding carboxylic acids is 8. The fourth-order valence-electron chi connectivity index (χ4n) is 6.23. The Morgan fingerprint density at radius 3 is 0.694 bits per heavy atom. The number of carbonyl (C=O) groups is 8. The third-order valence-corrected chi connectivity index (χ3v) is 10.00. The summed E-state index contributed by atoms with van der Waals surface area (Å²) in [5, 5.41) is 17.5. The fourth-order valence-corrected chi connectivity index (χ4v) is 6.23. The molecule has 0 aromatic carbocycles. The molecule has 0 aliphatic carbocycles. The van der Waals surface area contributed by atoms with Gasteiger partial charge in [-0.05, 0) is 46.1 Å². The molecule has 0 radical (unpaired) electrons. The van der Waals surface area contributed by atoms with Gasteiger partial charge < -0.3 is 51.5 Å². The minimum Gasteiger partial charge on any atom is -0.356 e. The summed E-state index contributed by atoms with van der Waals surface area (Å²) >= 11 is 0. The number of nitrogens with zero attached hydrogens (tertiary/aromatic N) is 4. The van der Waals surface area contributed by atoms with Crippen molar-refractivity contribution in [1.29, 1.82) is 0 Å². The van der Waals surface area contributed by atoms with E-state index in [0.717, 1.165) is 32.2 Å². The van der Waals surface area contributed by atoms with Crippen LogP contribution in [-0.2, 0) is 38.4 Å². The molecule has 358 valence electrons. The number of hydrogen-bond donors (Lipinski definition) is 6. The lowest BCUT2D eigenvalue weighted by Gasteiger charge is -2.24. The van der Waals surface area contributed by atoms with Crippen LogP contribution in [0.25, 0.3) is 0 Å². The number of ketones is 2. The average Bonchev–Trinajstić information content (AvgIpc) is 3.24. The lowest BCUT2D eigenvalue weighted by Crippen LogP contribution is -2.42. The van der Waals surface area contributed by atoms with E-state index in [1.807, 2.05) is 35.5 Å². The molecule has 0 fully saturated rings. The second kappa shape index (κ2) is 38.7. The highest BCUT2D eigenvalue weighted by Gasteiger charge is 2.16. The number of nitrogens with one attached hydrogen (secondary N) is 6. The van der Waals surface area contributed by atoms with Gasteiger partial charge in [-0.25, -0.2) is 0 Å². The zero-order valence-corrected chi connectivity index (χ0v) is 39.3. The molecule has 0 bridgehead atoms. The number of rotatable bonds is 41. The van der Waals surface area contributed by atoms with Crippen molar-refractivity contribution in [3.63, 3.8) is 0 Å². The largest absolute Gasteiger partial charge is 0.356 e. The maximum atomic E-state index is 13.1. The van der Waals surface area contributed by atoms with Gasteiger partial charge in [0, 0.05) is 163 Å². The molecule has 0 aliphatic rings. The fraction of sp³-hybridized carbons (Fsp3) is 0.818. The van der Waals surface area contributed by atoms with Crippen molar-refractivity contribution >= 4 is 47.0 Å². The summed E-state index contributed by atoms with van der Waals surface area (Å²) in [6, 6.07) is 0. The SMILES string of the molecule is CCCNC(=O)CCN(CCNC(=O)CCN(CCNC(=O)CCN(CCC)CCC(C)=O)CCC(=O)NCCN(CCC(=O)NCCC)CCC(=O)NCCC)CCC(C)=O. The summed E-state index contributed by atoms with van der Waals surface area (Å²) in [5.74, 6) is -0.467. The second-order valence-corrected chi connectivity index (χ2v) is 15.9. The molecule has 0 spiro atoms. The van der Waals surface area contributed by atoms with Gasteiger partial charge in [-0.1, -0.05) is 27.7 Å². The first kappa shape index (κ1) is 58.0. The van der Waals surface area contributed by atoms with Crippen LogP contribution >= 0.6 is 0 Å². The van der Waals surface area contributed by atoms with Crippen LogP contribution in [0.4, 0.5) is 0 Å². The van der Waals surface area contributed by atoms with E-state index in [1.165, 1.54) is 6.92 Å². The Morgan fingerprint density at radius 2 is 0.484 bits per heavy atom. The third-order valence-electron chi connectivity index (χ3n) is 10.00. The van der Waals surface area contributed by atoms with E-state index in [9.17, 15) is 38.4 Å². The highest BCUT2D eigenvalue weighted by atomic mass is 16.2. The Labute approximate surface area is 372 Å². The number of Topliss-reactive ketones (excluding diaryl/α,β-unsaturated/α-hetero) is 2. The van der Waals surface area contributed by atoms with Crippen LogP contribution in [0.3, 0.4) is 0 Å². The molecule has 0 aromatic rings. The molecule has 0 aromatic heterocycles. The predicted octanol–water partition coefficient (Wildman–Crippen LogP) is 0.830. The van der Waals surface area contributed by atoms with E-state index in [0.29, 0.717) is 137 Å². The quantitative estimate of drug-likeness (QED) is 0.0503. The van der Waals surface area contributed by atoms with Crippen LogP contribution in [0, 0.1) is 0 Å². The Balaban J connectivity index is 5.37. The van der Waals surface area contributed by atoms with Crippen LogP contribution in [0.1, 0.15) is 119 Å². The Morgan fingerprint density at radius 1 is 0.274 bits per heavy atom. The molecule has 18 nitrogen and oxygen atoms in total. The van der Waals surface area contributed by atoms with E-state index in [4.69, 9.17) is 0 Å². The van der Waals surface area contributed by atoms with Crippen molar-refractivity contribution in [2.24, 2.45) is 0 Å². The molecule has 0 atom stereocenters. The highest BCUT2D eigenvalue weighted by Crippen LogP contribution is 2.01. The van der Waals surface area contributed by atoms with Crippen molar-refractivity contribution in [3.05, 3.63) is 0 Å². The first-order chi connectivity index (χ1) is 29.7. The predicted molar refractivity (Wildman–Crippen MR) is 243 cm³/mol. The molecule has 18 heteroatoms. The van der Waals surface area contributed by atoms with Gasteiger partial charge in [-0.2, -0.15) is 0 Å². The lowest BCUT2D eigenvalue weighted by molar-refractivity contribution is -0.123. The van der Waals surface area contributed by atoms with Gasteiger partial charge in [0.15, 0.2) is 0 Å². The summed E-state index contributed by atoms with van der Waals surface area (Å²) in [6.45, 7) is 19.8. The van der Waals surface area contributed by atoms with Gasteiger partial charge in [0.25, 0.3) is 0 Å². The summed E-state index contributed by atoms with van der Waals surface area (Å²) in [5.41, 5.74) is 0. The normalized spacial score (nSPS) is 11.2. The Kier molecular flexibility index (Phi) is 36.2. The Hall–Kier alpha value is -4.00. The van der Waals surface area contributed by atoms with Gasteiger partial charge in [0.1, 0.15) is 11.6 Å². The van der Waals surface area contributed by atoms with Gasteiger partial charge in [0.05, 0.1) is 0 Å². The van der Waals surface area contributed by atoms with Crippen LogP contribution in [0.15, 0.2) is 0 Å². The van der Waals surface area contributed by atoms with Crippen molar-refractivity contribution in [2.45, 2.75) is 119 Å². The Bertz CT molecular complexity index is 1280. The molecule has 6 N–H and O–H groups in total. The van der Waals surface area contributed by atoms with Crippen LogP contribution in [0.2, 0.25) is 0 Å². The zero-order valence-electron chi connectivity index (χ0n) is 39.3. The van der Waals surface area contributed by atoms with Crippen LogP contribution < -0.4 is 31.9 Å². The van der Waals surface area contributed by atoms with Gasteiger partial charge in [0.2, 0.25) is 35.4 Å². The van der Waals surface area contributed by atoms with E-state index in [2.05, 4.69) is 43.7 Å². The summed E-state index contributed by atoms with van der Waals surface area (Å²) in [6.07, 6.45) is 5.73. The summed E-state index contributed by atoms with van der Waals surface area (Å²) in [4.78, 5) is 107. The van der Waals surface area contributed by atoms with E-state index >= 15 is 0 Å². The van der Waals surface area contributed by atoms with E-state index in [-0.39, 0.29) is 72.7 Å². The molecule has 0 aliphatic heterocycles. The van der Waals surface area contributed by atoms with Gasteiger partial charge in [-0.3, -0.25) is 38.4 Å². The maximum absolute atomic E-state index is 13.1. The molecule has 0 saturated heterocycles. The molecule has 0 saturated carbocycles. The minimum atomic E-state index is -0.180. The topological polar surface area (TPSA) is 222 Å². The van der Waals surface area contributed by atoms with Gasteiger partial charge in [-0.15, -0.1) is 0 Å². The smallest absolute Gasteiger partial charge is 0.221 e. The number of hydrogen-bond acceptors (Lipinski definition) is 12. The molecule has 0 unspecified atom stereocenters. The number of amides is 6. The van der Waals surface area contributed by atoms with Crippen molar-refractivity contribution in [2.75, 3.05) is 118 Å². The van der Waals surface area contributed by atoms with E-state index in [1.54, 1.807) is 6.92 Å². The van der Waals surface area contributed by atoms with Gasteiger partial charge >= 0.3 is 0 Å². The minimum absolute atomic E-state index is 0.0500. The summed E-state index contributed by atoms with van der Waals surface area (Å²) in [7, 11) is 0. The molecule has 0 heterocycles. The molecule has 6 amide bonds. The molecular weight excluding hydrogens is 797 g/mol. The zero-order chi connectivity index (χ0) is 46.4. The van der Waals surface area contributed by atoms with Crippen molar-refractivity contribution < 1.29 is 38.4 Å². The average molecular weight is 881 g/mol. The first-order valence-corrected chi connectivity index (χ1v) is 23.2. The lowest BCUT2D eigenvalue weighted by atomic mass is 10.2. The second-order valence-electron chi connectivity index (χ2n) is 15.9. The van der Waals surface area contributed by atoms with Crippen molar-refractivity contribution in [3.8, 4) is 0 Å². The van der Waals surface area contributed by atoms with E-state index < -0.39 is 0 Å². The molecular formula is C44H84N10O8. The molecule has 62 heavy (non-hydrogen) atoms. The summed E-state index contributed by atoms with van der Waals surface area (Å²) < 4.78 is 0. The maximum Gasteiger partial charge on any atom is 0.221 e. The van der Waals surface area contributed by atoms with Crippen LogP contribution in [-0.4, -0.2) is 184 Å².